The molecule has 0 aliphatic heterocycles. The van der Waals surface area contributed by atoms with E-state index < -0.39 is 10.0 Å². The minimum absolute atomic E-state index is 0.0122. The molecule has 0 aliphatic rings. The van der Waals surface area contributed by atoms with Gasteiger partial charge in [-0.25, -0.2) is 13.4 Å². The molecule has 1 heterocycles. The number of ether oxygens (including phenoxy) is 1. The van der Waals surface area contributed by atoms with E-state index in [4.69, 9.17) is 4.74 Å². The Kier molecular flexibility index (Phi) is 4.57. The van der Waals surface area contributed by atoms with Crippen LogP contribution < -0.4 is 9.46 Å². The van der Waals surface area contributed by atoms with Gasteiger partial charge in [0.25, 0.3) is 0 Å². The summed E-state index contributed by atoms with van der Waals surface area (Å²) in [6.07, 6.45) is 1.52. The molecule has 0 amide bonds. The van der Waals surface area contributed by atoms with Crippen molar-refractivity contribution < 1.29 is 13.2 Å². The van der Waals surface area contributed by atoms with Crippen molar-refractivity contribution in [3.8, 4) is 5.75 Å². The SMILES string of the molecule is CCS(=O)(=O)Nc1ncccc1OCc1ccccc1. The zero-order chi connectivity index (χ0) is 14.4. The summed E-state index contributed by atoms with van der Waals surface area (Å²) in [5.41, 5.74) is 1.00. The summed E-state index contributed by atoms with van der Waals surface area (Å²) in [5, 5.41) is 0. The topological polar surface area (TPSA) is 68.3 Å². The maximum absolute atomic E-state index is 11.6. The van der Waals surface area contributed by atoms with Crippen molar-refractivity contribution in [2.45, 2.75) is 13.5 Å². The number of nitrogens with one attached hydrogen (secondary N) is 1. The minimum atomic E-state index is -3.37. The fraction of sp³-hybridized carbons (Fsp3) is 0.214. The zero-order valence-corrected chi connectivity index (χ0v) is 11.9. The summed E-state index contributed by atoms with van der Waals surface area (Å²) < 4.78 is 31.2. The Bertz CT molecular complexity index is 657. The Hall–Kier alpha value is -2.08. The molecule has 0 unspecified atom stereocenters. The van der Waals surface area contributed by atoms with Gasteiger partial charge in [-0.15, -0.1) is 0 Å². The summed E-state index contributed by atoms with van der Waals surface area (Å²) in [7, 11) is -3.37. The van der Waals surface area contributed by atoms with Crippen LogP contribution in [0.2, 0.25) is 0 Å². The Morgan fingerprint density at radius 3 is 2.60 bits per heavy atom. The second-order valence-electron chi connectivity index (χ2n) is 4.13. The van der Waals surface area contributed by atoms with E-state index in [0.717, 1.165) is 5.56 Å². The number of nitrogens with zero attached hydrogens (tertiary/aromatic N) is 1. The van der Waals surface area contributed by atoms with Gasteiger partial charge in [-0.3, -0.25) is 4.72 Å². The molecule has 0 radical (unpaired) electrons. The Balaban J connectivity index is 2.12. The van der Waals surface area contributed by atoms with Crippen molar-refractivity contribution in [1.82, 2.24) is 4.98 Å². The number of rotatable bonds is 6. The lowest BCUT2D eigenvalue weighted by Crippen LogP contribution is -2.16. The van der Waals surface area contributed by atoms with E-state index in [1.165, 1.54) is 6.20 Å². The second-order valence-corrected chi connectivity index (χ2v) is 6.14. The van der Waals surface area contributed by atoms with Gasteiger partial charge in [-0.05, 0) is 24.6 Å². The lowest BCUT2D eigenvalue weighted by molar-refractivity contribution is 0.307. The van der Waals surface area contributed by atoms with Crippen molar-refractivity contribution >= 4 is 15.8 Å². The number of pyridine rings is 1. The summed E-state index contributed by atoms with van der Waals surface area (Å²) in [4.78, 5) is 4.01. The standard InChI is InChI=1S/C14H16N2O3S/c1-2-20(17,18)16-14-13(9-6-10-15-14)19-11-12-7-4-3-5-8-12/h3-10H,2,11H2,1H3,(H,15,16). The lowest BCUT2D eigenvalue weighted by Gasteiger charge is -2.11. The molecule has 2 rings (SSSR count). The van der Waals surface area contributed by atoms with E-state index in [0.29, 0.717) is 12.4 Å². The number of hydrogen-bond donors (Lipinski definition) is 1. The minimum Gasteiger partial charge on any atom is -0.485 e. The number of benzene rings is 1. The number of sulfonamides is 1. The monoisotopic (exact) mass is 292 g/mol. The van der Waals surface area contributed by atoms with E-state index in [1.54, 1.807) is 19.1 Å². The predicted octanol–water partition coefficient (Wildman–Crippen LogP) is 2.42. The van der Waals surface area contributed by atoms with Gasteiger partial charge in [0.1, 0.15) is 6.61 Å². The molecule has 0 bridgehead atoms. The summed E-state index contributed by atoms with van der Waals surface area (Å²) in [5.74, 6) is 0.612. The molecule has 0 atom stereocenters. The molecule has 0 fully saturated rings. The first-order chi connectivity index (χ1) is 9.61. The van der Waals surface area contributed by atoms with Crippen molar-refractivity contribution in [3.63, 3.8) is 0 Å². The highest BCUT2D eigenvalue weighted by molar-refractivity contribution is 7.92. The van der Waals surface area contributed by atoms with E-state index in [1.807, 2.05) is 30.3 Å². The Morgan fingerprint density at radius 2 is 1.90 bits per heavy atom. The molecule has 1 aromatic heterocycles. The van der Waals surface area contributed by atoms with Gasteiger partial charge < -0.3 is 4.74 Å². The first-order valence-corrected chi connectivity index (χ1v) is 7.88. The van der Waals surface area contributed by atoms with Gasteiger partial charge in [0.05, 0.1) is 5.75 Å². The third-order valence-corrected chi connectivity index (χ3v) is 3.90. The van der Waals surface area contributed by atoms with E-state index >= 15 is 0 Å². The third-order valence-electron chi connectivity index (χ3n) is 2.64. The van der Waals surface area contributed by atoms with Gasteiger partial charge in [0.15, 0.2) is 11.6 Å². The summed E-state index contributed by atoms with van der Waals surface area (Å²) in [6.45, 7) is 1.92. The normalized spacial score (nSPS) is 11.1. The molecular formula is C14H16N2O3S. The summed E-state index contributed by atoms with van der Waals surface area (Å²) >= 11 is 0. The number of hydrogen-bond acceptors (Lipinski definition) is 4. The Labute approximate surface area is 118 Å². The highest BCUT2D eigenvalue weighted by atomic mass is 32.2. The average molecular weight is 292 g/mol. The van der Waals surface area contributed by atoms with Crippen LogP contribution in [-0.2, 0) is 16.6 Å². The molecule has 1 aromatic carbocycles. The van der Waals surface area contributed by atoms with Crippen molar-refractivity contribution in [2.24, 2.45) is 0 Å². The average Bonchev–Trinajstić information content (AvgIpc) is 2.47. The highest BCUT2D eigenvalue weighted by Crippen LogP contribution is 2.23. The molecule has 0 saturated carbocycles. The lowest BCUT2D eigenvalue weighted by atomic mass is 10.2. The maximum Gasteiger partial charge on any atom is 0.233 e. The van der Waals surface area contributed by atoms with Crippen molar-refractivity contribution in [1.29, 1.82) is 0 Å². The fourth-order valence-electron chi connectivity index (χ4n) is 1.54. The molecule has 2 aromatic rings. The van der Waals surface area contributed by atoms with Gasteiger partial charge in [-0.1, -0.05) is 30.3 Å². The van der Waals surface area contributed by atoms with E-state index in [-0.39, 0.29) is 11.6 Å². The van der Waals surface area contributed by atoms with E-state index in [9.17, 15) is 8.42 Å². The molecule has 0 saturated heterocycles. The maximum atomic E-state index is 11.6. The van der Waals surface area contributed by atoms with Crippen molar-refractivity contribution in [2.75, 3.05) is 10.5 Å². The van der Waals surface area contributed by atoms with Crippen LogP contribution in [0.5, 0.6) is 5.75 Å². The van der Waals surface area contributed by atoms with Gasteiger partial charge >= 0.3 is 0 Å². The first kappa shape index (κ1) is 14.3. The van der Waals surface area contributed by atoms with Crippen LogP contribution >= 0.6 is 0 Å². The van der Waals surface area contributed by atoms with Crippen LogP contribution in [0.25, 0.3) is 0 Å². The molecule has 0 spiro atoms. The summed E-state index contributed by atoms with van der Waals surface area (Å²) in [6, 6.07) is 13.0. The number of aromatic nitrogens is 1. The third kappa shape index (κ3) is 3.96. The van der Waals surface area contributed by atoms with Crippen LogP contribution in [0.1, 0.15) is 12.5 Å². The molecule has 1 N–H and O–H groups in total. The van der Waals surface area contributed by atoms with Gasteiger partial charge in [0, 0.05) is 6.20 Å². The fourth-order valence-corrected chi connectivity index (χ4v) is 2.13. The first-order valence-electron chi connectivity index (χ1n) is 6.23. The zero-order valence-electron chi connectivity index (χ0n) is 11.1. The second kappa shape index (κ2) is 6.38. The molecule has 0 aliphatic carbocycles. The quantitative estimate of drug-likeness (QED) is 0.888. The molecule has 20 heavy (non-hydrogen) atoms. The van der Waals surface area contributed by atoms with Gasteiger partial charge in [0.2, 0.25) is 10.0 Å². The van der Waals surface area contributed by atoms with Crippen molar-refractivity contribution in [3.05, 3.63) is 54.2 Å². The van der Waals surface area contributed by atoms with Crippen LogP contribution in [0, 0.1) is 0 Å². The molecular weight excluding hydrogens is 276 g/mol. The molecule has 5 nitrogen and oxygen atoms in total. The highest BCUT2D eigenvalue weighted by Gasteiger charge is 2.12. The van der Waals surface area contributed by atoms with E-state index in [2.05, 4.69) is 9.71 Å². The van der Waals surface area contributed by atoms with Crippen LogP contribution in [-0.4, -0.2) is 19.2 Å². The largest absolute Gasteiger partial charge is 0.485 e. The predicted molar refractivity (Wildman–Crippen MR) is 78.1 cm³/mol. The van der Waals surface area contributed by atoms with Crippen LogP contribution in [0.3, 0.4) is 0 Å². The molecule has 106 valence electrons. The van der Waals surface area contributed by atoms with Gasteiger partial charge in [-0.2, -0.15) is 0 Å². The smallest absolute Gasteiger partial charge is 0.233 e. The van der Waals surface area contributed by atoms with Crippen LogP contribution in [0.15, 0.2) is 48.7 Å². The number of anilines is 1. The molecule has 6 heteroatoms. The van der Waals surface area contributed by atoms with Crippen LogP contribution in [0.4, 0.5) is 5.82 Å². The Morgan fingerprint density at radius 1 is 1.15 bits per heavy atom.